The second kappa shape index (κ2) is 6.88. The number of aromatic nitrogens is 4. The van der Waals surface area contributed by atoms with E-state index in [-0.39, 0.29) is 5.56 Å². The van der Waals surface area contributed by atoms with Crippen LogP contribution in [0.25, 0.3) is 10.9 Å². The summed E-state index contributed by atoms with van der Waals surface area (Å²) >= 11 is 0. The van der Waals surface area contributed by atoms with Crippen LogP contribution in [0.2, 0.25) is 0 Å². The van der Waals surface area contributed by atoms with E-state index in [1.54, 1.807) is 7.11 Å². The molecule has 0 unspecified atom stereocenters. The van der Waals surface area contributed by atoms with Crippen LogP contribution in [-0.2, 0) is 6.42 Å². The Labute approximate surface area is 145 Å². The summed E-state index contributed by atoms with van der Waals surface area (Å²) in [6.07, 6.45) is 1.61. The highest BCUT2D eigenvalue weighted by Crippen LogP contribution is 2.23. The predicted molar refractivity (Wildman–Crippen MR) is 97.7 cm³/mol. The van der Waals surface area contributed by atoms with Gasteiger partial charge in [0.1, 0.15) is 5.75 Å². The van der Waals surface area contributed by atoms with Gasteiger partial charge in [-0.1, -0.05) is 13.3 Å². The molecule has 7 nitrogen and oxygen atoms in total. The number of hydrogen-bond donors (Lipinski definition) is 2. The minimum absolute atomic E-state index is 0.126. The summed E-state index contributed by atoms with van der Waals surface area (Å²) in [5, 5.41) is 3.91. The van der Waals surface area contributed by atoms with E-state index in [0.29, 0.717) is 18.3 Å². The van der Waals surface area contributed by atoms with Crippen molar-refractivity contribution < 1.29 is 4.74 Å². The van der Waals surface area contributed by atoms with Crippen LogP contribution in [0.5, 0.6) is 5.75 Å². The number of hydrogen-bond acceptors (Lipinski definition) is 6. The number of anilines is 2. The lowest BCUT2D eigenvalue weighted by atomic mass is 10.1. The number of nitrogens with one attached hydrogen (secondary N) is 2. The first-order chi connectivity index (χ1) is 12.0. The van der Waals surface area contributed by atoms with Gasteiger partial charge in [0, 0.05) is 16.6 Å². The maximum Gasteiger partial charge on any atom is 0.255 e. The Balaban J connectivity index is 1.97. The number of benzene rings is 1. The molecule has 0 saturated heterocycles. The quantitative estimate of drug-likeness (QED) is 0.742. The van der Waals surface area contributed by atoms with E-state index in [2.05, 4.69) is 25.3 Å². The first kappa shape index (κ1) is 16.9. The molecule has 0 spiro atoms. The van der Waals surface area contributed by atoms with Gasteiger partial charge in [-0.15, -0.1) is 0 Å². The average Bonchev–Trinajstić information content (AvgIpc) is 2.58. The topological polar surface area (TPSA) is 92.8 Å². The molecule has 2 N–H and O–H groups in total. The molecule has 0 aliphatic heterocycles. The molecule has 3 aromatic rings. The zero-order valence-electron chi connectivity index (χ0n) is 14.8. The van der Waals surface area contributed by atoms with Gasteiger partial charge in [-0.3, -0.25) is 15.1 Å². The Kier molecular flexibility index (Phi) is 4.65. The summed E-state index contributed by atoms with van der Waals surface area (Å²) in [7, 11) is 1.62. The maximum absolute atomic E-state index is 12.2. The lowest BCUT2D eigenvalue weighted by Crippen LogP contribution is -2.18. The Morgan fingerprint density at radius 3 is 2.64 bits per heavy atom. The van der Waals surface area contributed by atoms with Crippen molar-refractivity contribution in [3.8, 4) is 5.75 Å². The summed E-state index contributed by atoms with van der Waals surface area (Å²) in [5.41, 5.74) is 2.91. The molecule has 25 heavy (non-hydrogen) atoms. The van der Waals surface area contributed by atoms with E-state index in [1.807, 2.05) is 39.0 Å². The number of nitrogens with zero attached hydrogens (tertiary/aromatic N) is 3. The highest BCUT2D eigenvalue weighted by Gasteiger charge is 2.10. The normalized spacial score (nSPS) is 10.9. The minimum Gasteiger partial charge on any atom is -0.497 e. The number of fused-ring (bicyclic) bond motifs is 1. The molecular formula is C18H21N5O2. The molecule has 0 aliphatic rings. The van der Waals surface area contributed by atoms with Crippen molar-refractivity contribution in [2.75, 3.05) is 12.4 Å². The SMILES string of the molecule is CCCc1c(C)nc(Nc2nc(C)c3cc(OC)ccc3n2)[nH]c1=O. The largest absolute Gasteiger partial charge is 0.497 e. The highest BCUT2D eigenvalue weighted by atomic mass is 16.5. The van der Waals surface area contributed by atoms with E-state index < -0.39 is 0 Å². The lowest BCUT2D eigenvalue weighted by molar-refractivity contribution is 0.415. The standard InChI is InChI=1S/C18H21N5O2/c1-5-6-13-10(2)19-18(22-16(13)24)23-17-20-11(3)14-9-12(25-4)7-8-15(14)21-17/h7-9H,5-6H2,1-4H3,(H2,19,20,21,22,23,24). The molecular weight excluding hydrogens is 318 g/mol. The number of methoxy groups -OCH3 is 1. The number of ether oxygens (including phenoxy) is 1. The van der Waals surface area contributed by atoms with Crippen LogP contribution in [0.1, 0.15) is 30.3 Å². The zero-order chi connectivity index (χ0) is 18.0. The van der Waals surface area contributed by atoms with Gasteiger partial charge in [-0.25, -0.2) is 15.0 Å². The highest BCUT2D eigenvalue weighted by molar-refractivity contribution is 5.83. The van der Waals surface area contributed by atoms with Gasteiger partial charge in [-0.2, -0.15) is 0 Å². The molecule has 2 heterocycles. The van der Waals surface area contributed by atoms with Crippen molar-refractivity contribution >= 4 is 22.8 Å². The molecule has 0 amide bonds. The zero-order valence-corrected chi connectivity index (χ0v) is 14.8. The first-order valence-corrected chi connectivity index (χ1v) is 8.21. The van der Waals surface area contributed by atoms with E-state index >= 15 is 0 Å². The smallest absolute Gasteiger partial charge is 0.255 e. The Morgan fingerprint density at radius 2 is 1.96 bits per heavy atom. The molecule has 0 fully saturated rings. The van der Waals surface area contributed by atoms with Gasteiger partial charge in [0.2, 0.25) is 11.9 Å². The van der Waals surface area contributed by atoms with Crippen LogP contribution in [0.4, 0.5) is 11.9 Å². The summed E-state index contributed by atoms with van der Waals surface area (Å²) in [4.78, 5) is 28.3. The molecule has 1 aromatic carbocycles. The molecule has 7 heteroatoms. The van der Waals surface area contributed by atoms with Crippen LogP contribution >= 0.6 is 0 Å². The maximum atomic E-state index is 12.2. The fourth-order valence-electron chi connectivity index (χ4n) is 2.76. The van der Waals surface area contributed by atoms with Gasteiger partial charge in [0.05, 0.1) is 18.3 Å². The minimum atomic E-state index is -0.126. The van der Waals surface area contributed by atoms with Gasteiger partial charge in [0.25, 0.3) is 5.56 Å². The lowest BCUT2D eigenvalue weighted by Gasteiger charge is -2.10. The van der Waals surface area contributed by atoms with Gasteiger partial charge < -0.3 is 4.74 Å². The van der Waals surface area contributed by atoms with Crippen LogP contribution in [-0.4, -0.2) is 27.0 Å². The monoisotopic (exact) mass is 339 g/mol. The number of aromatic amines is 1. The summed E-state index contributed by atoms with van der Waals surface area (Å²) in [6, 6.07) is 5.63. The summed E-state index contributed by atoms with van der Waals surface area (Å²) < 4.78 is 5.24. The van der Waals surface area contributed by atoms with Crippen LogP contribution in [0.15, 0.2) is 23.0 Å². The van der Waals surface area contributed by atoms with Gasteiger partial charge >= 0.3 is 0 Å². The Morgan fingerprint density at radius 1 is 1.16 bits per heavy atom. The fraction of sp³-hybridized carbons (Fsp3) is 0.333. The summed E-state index contributed by atoms with van der Waals surface area (Å²) in [5.74, 6) is 1.49. The van der Waals surface area contributed by atoms with Crippen molar-refractivity contribution in [2.45, 2.75) is 33.6 Å². The van der Waals surface area contributed by atoms with Crippen LogP contribution < -0.4 is 15.6 Å². The summed E-state index contributed by atoms with van der Waals surface area (Å²) in [6.45, 7) is 5.77. The number of aryl methyl sites for hydroxylation is 2. The van der Waals surface area contributed by atoms with Crippen molar-refractivity contribution in [1.82, 2.24) is 19.9 Å². The third-order valence-corrected chi connectivity index (χ3v) is 4.05. The van der Waals surface area contributed by atoms with Gasteiger partial charge in [-0.05, 0) is 38.5 Å². The van der Waals surface area contributed by atoms with Crippen molar-refractivity contribution in [2.24, 2.45) is 0 Å². The number of H-pyrrole nitrogens is 1. The molecule has 0 radical (unpaired) electrons. The second-order valence-electron chi connectivity index (χ2n) is 5.87. The molecule has 130 valence electrons. The Bertz CT molecular complexity index is 981. The third kappa shape index (κ3) is 3.45. The number of rotatable bonds is 5. The van der Waals surface area contributed by atoms with Gasteiger partial charge in [0.15, 0.2) is 0 Å². The first-order valence-electron chi connectivity index (χ1n) is 8.21. The van der Waals surface area contributed by atoms with Crippen LogP contribution in [0.3, 0.4) is 0 Å². The van der Waals surface area contributed by atoms with Crippen LogP contribution in [0, 0.1) is 13.8 Å². The van der Waals surface area contributed by atoms with E-state index in [0.717, 1.165) is 40.0 Å². The van der Waals surface area contributed by atoms with Crippen molar-refractivity contribution in [1.29, 1.82) is 0 Å². The molecule has 0 aliphatic carbocycles. The predicted octanol–water partition coefficient (Wildman–Crippen LogP) is 3.03. The Hall–Kier alpha value is -2.96. The van der Waals surface area contributed by atoms with Crippen molar-refractivity contribution in [3.05, 3.63) is 45.5 Å². The van der Waals surface area contributed by atoms with E-state index in [4.69, 9.17) is 4.74 Å². The van der Waals surface area contributed by atoms with E-state index in [1.165, 1.54) is 0 Å². The third-order valence-electron chi connectivity index (χ3n) is 4.05. The molecule has 0 saturated carbocycles. The second-order valence-corrected chi connectivity index (χ2v) is 5.87. The molecule has 3 rings (SSSR count). The molecule has 0 atom stereocenters. The van der Waals surface area contributed by atoms with E-state index in [9.17, 15) is 4.79 Å². The molecule has 0 bridgehead atoms. The molecule has 2 aromatic heterocycles. The average molecular weight is 339 g/mol. The fourth-order valence-corrected chi connectivity index (χ4v) is 2.76. The van der Waals surface area contributed by atoms with Crippen molar-refractivity contribution in [3.63, 3.8) is 0 Å².